The van der Waals surface area contributed by atoms with Gasteiger partial charge < -0.3 is 28.6 Å². The molecule has 11 nitrogen and oxygen atoms in total. The van der Waals surface area contributed by atoms with Crippen LogP contribution in [0.15, 0.2) is 0 Å². The zero-order valence-corrected chi connectivity index (χ0v) is 42.3. The van der Waals surface area contributed by atoms with E-state index in [2.05, 4.69) is 27.7 Å². The molecule has 0 bridgehead atoms. The van der Waals surface area contributed by atoms with Crippen LogP contribution in [0.3, 0.4) is 0 Å². The van der Waals surface area contributed by atoms with Crippen LogP contribution in [0.2, 0.25) is 0 Å². The fraction of sp³-hybridized carbons (Fsp3) is 0.906. The lowest BCUT2D eigenvalue weighted by molar-refractivity contribution is -0.167. The Morgan fingerprint density at radius 2 is 0.641 bits per heavy atom. The molecule has 0 aromatic rings. The van der Waals surface area contributed by atoms with Gasteiger partial charge in [-0.3, -0.25) is 24.0 Å². The Bertz CT molecular complexity index is 1130. The van der Waals surface area contributed by atoms with Gasteiger partial charge in [-0.05, 0) is 90.3 Å². The molecule has 0 amide bonds. The van der Waals surface area contributed by atoms with Crippen LogP contribution in [0.1, 0.15) is 246 Å². The van der Waals surface area contributed by atoms with Crippen molar-refractivity contribution in [1.82, 2.24) is 4.90 Å². The standard InChI is InChI=1S/C53H99NO10/c1-7-11-15-18-19-26-35-47(34-25-17-13-9-3)43-61-50(56)37-28-21-23-30-39-52(58)63-45-48(64-53(59)40-31-41-54(5)6)44-62-51(57)38-29-22-20-27-36-49(55)60-42-46(32-14-10-4)33-24-16-12-8-2/h46-48H,7-45H2,1-6H3. The van der Waals surface area contributed by atoms with E-state index in [-0.39, 0.29) is 44.4 Å². The Morgan fingerprint density at radius 3 is 1.02 bits per heavy atom. The smallest absolute Gasteiger partial charge is 0.306 e. The molecule has 11 heteroatoms. The molecule has 0 fully saturated rings. The lowest BCUT2D eigenvalue weighted by atomic mass is 9.95. The molecule has 0 radical (unpaired) electrons. The van der Waals surface area contributed by atoms with E-state index in [1.807, 2.05) is 19.0 Å². The van der Waals surface area contributed by atoms with E-state index in [4.69, 9.17) is 23.7 Å². The highest BCUT2D eigenvalue weighted by Gasteiger charge is 2.20. The number of carbonyl (C=O) groups is 5. The predicted molar refractivity (Wildman–Crippen MR) is 259 cm³/mol. The van der Waals surface area contributed by atoms with Crippen LogP contribution in [-0.2, 0) is 47.7 Å². The van der Waals surface area contributed by atoms with Crippen molar-refractivity contribution in [3.05, 3.63) is 0 Å². The monoisotopic (exact) mass is 910 g/mol. The van der Waals surface area contributed by atoms with Crippen LogP contribution in [0.4, 0.5) is 0 Å². The zero-order chi connectivity index (χ0) is 47.3. The van der Waals surface area contributed by atoms with Gasteiger partial charge in [-0.1, -0.05) is 156 Å². The maximum absolute atomic E-state index is 12.6. The highest BCUT2D eigenvalue weighted by molar-refractivity contribution is 5.71. The minimum absolute atomic E-state index is 0.132. The molecule has 0 aliphatic rings. The van der Waals surface area contributed by atoms with Gasteiger partial charge >= 0.3 is 29.8 Å². The van der Waals surface area contributed by atoms with Crippen molar-refractivity contribution >= 4 is 29.8 Å². The quantitative estimate of drug-likeness (QED) is 0.0328. The lowest BCUT2D eigenvalue weighted by Gasteiger charge is -2.18. The van der Waals surface area contributed by atoms with Gasteiger partial charge in [0.2, 0.25) is 0 Å². The topological polar surface area (TPSA) is 135 Å². The maximum Gasteiger partial charge on any atom is 0.306 e. The number of carbonyl (C=O) groups excluding carboxylic acids is 5. The van der Waals surface area contributed by atoms with Gasteiger partial charge in [0.05, 0.1) is 13.2 Å². The molecule has 0 rings (SSSR count). The van der Waals surface area contributed by atoms with Gasteiger partial charge in [0.15, 0.2) is 6.10 Å². The summed E-state index contributed by atoms with van der Waals surface area (Å²) in [4.78, 5) is 64.7. The van der Waals surface area contributed by atoms with E-state index in [1.54, 1.807) is 0 Å². The summed E-state index contributed by atoms with van der Waals surface area (Å²) in [5.41, 5.74) is 0. The summed E-state index contributed by atoms with van der Waals surface area (Å²) in [5, 5.41) is 0. The SMILES string of the molecule is CCCCCCCCC(CCCCCC)COC(=O)CCCCCCC(=O)OCC(COC(=O)CCCCCCC(=O)OCC(CCCC)CCCCCC)OC(=O)CCCN(C)C. The summed E-state index contributed by atoms with van der Waals surface area (Å²) in [7, 11) is 3.86. The Labute approximate surface area is 392 Å². The number of unbranched alkanes of at least 4 members (excludes halogenated alkanes) is 18. The summed E-state index contributed by atoms with van der Waals surface area (Å²) in [6, 6.07) is 0. The maximum atomic E-state index is 12.6. The molecule has 0 aromatic heterocycles. The van der Waals surface area contributed by atoms with Crippen LogP contribution in [-0.4, -0.2) is 87.9 Å². The first kappa shape index (κ1) is 61.3. The van der Waals surface area contributed by atoms with E-state index < -0.39 is 24.0 Å². The normalized spacial score (nSPS) is 12.7. The first-order valence-corrected chi connectivity index (χ1v) is 26.5. The van der Waals surface area contributed by atoms with Crippen molar-refractivity contribution in [2.45, 2.75) is 252 Å². The molecule has 3 unspecified atom stereocenters. The number of hydrogen-bond donors (Lipinski definition) is 0. The van der Waals surface area contributed by atoms with Gasteiger partial charge in [-0.25, -0.2) is 0 Å². The predicted octanol–water partition coefficient (Wildman–Crippen LogP) is 13.2. The largest absolute Gasteiger partial charge is 0.465 e. The molecule has 64 heavy (non-hydrogen) atoms. The van der Waals surface area contributed by atoms with Gasteiger partial charge in [-0.15, -0.1) is 0 Å². The second kappa shape index (κ2) is 45.5. The Hall–Kier alpha value is -2.69. The Balaban J connectivity index is 4.53. The third-order valence-corrected chi connectivity index (χ3v) is 12.0. The highest BCUT2D eigenvalue weighted by Crippen LogP contribution is 2.21. The zero-order valence-electron chi connectivity index (χ0n) is 42.3. The lowest BCUT2D eigenvalue weighted by Crippen LogP contribution is -2.31. The summed E-state index contributed by atoms with van der Waals surface area (Å²) in [6.07, 6.45) is 31.3. The number of rotatable bonds is 47. The second-order valence-corrected chi connectivity index (χ2v) is 18.7. The number of ether oxygens (including phenoxy) is 5. The van der Waals surface area contributed by atoms with Crippen LogP contribution < -0.4 is 0 Å². The van der Waals surface area contributed by atoms with E-state index in [1.165, 1.54) is 89.9 Å². The van der Waals surface area contributed by atoms with Crippen molar-refractivity contribution in [2.75, 3.05) is 47.1 Å². The molecule has 0 aromatic carbocycles. The molecular formula is C53H99NO10. The molecular weight excluding hydrogens is 811 g/mol. The minimum Gasteiger partial charge on any atom is -0.465 e. The Kier molecular flexibility index (Phi) is 43.6. The summed E-state index contributed by atoms with van der Waals surface area (Å²) < 4.78 is 27.9. The number of hydrogen-bond acceptors (Lipinski definition) is 11. The Morgan fingerprint density at radius 1 is 0.344 bits per heavy atom. The van der Waals surface area contributed by atoms with E-state index in [0.717, 1.165) is 83.6 Å². The van der Waals surface area contributed by atoms with Gasteiger partial charge in [0.25, 0.3) is 0 Å². The molecule has 0 spiro atoms. The van der Waals surface area contributed by atoms with Crippen molar-refractivity contribution in [3.8, 4) is 0 Å². The molecule has 3 atom stereocenters. The first-order valence-electron chi connectivity index (χ1n) is 26.5. The molecule has 0 aliphatic carbocycles. The van der Waals surface area contributed by atoms with E-state index in [0.29, 0.717) is 57.2 Å². The van der Waals surface area contributed by atoms with Crippen molar-refractivity contribution in [2.24, 2.45) is 11.8 Å². The molecule has 0 saturated heterocycles. The minimum atomic E-state index is -0.892. The average Bonchev–Trinajstić information content (AvgIpc) is 3.27. The second-order valence-electron chi connectivity index (χ2n) is 18.7. The average molecular weight is 910 g/mol. The number of nitrogens with zero attached hydrogens (tertiary/aromatic N) is 1. The molecule has 376 valence electrons. The third kappa shape index (κ3) is 42.0. The van der Waals surface area contributed by atoms with Crippen LogP contribution in [0, 0.1) is 11.8 Å². The molecule has 0 saturated carbocycles. The number of esters is 5. The molecule has 0 N–H and O–H groups in total. The van der Waals surface area contributed by atoms with Crippen molar-refractivity contribution < 1.29 is 47.7 Å². The fourth-order valence-corrected chi connectivity index (χ4v) is 7.81. The van der Waals surface area contributed by atoms with Crippen molar-refractivity contribution in [1.29, 1.82) is 0 Å². The van der Waals surface area contributed by atoms with E-state index in [9.17, 15) is 24.0 Å². The fourth-order valence-electron chi connectivity index (χ4n) is 7.81. The van der Waals surface area contributed by atoms with Gasteiger partial charge in [0, 0.05) is 32.1 Å². The van der Waals surface area contributed by atoms with E-state index >= 15 is 0 Å². The molecule has 0 heterocycles. The van der Waals surface area contributed by atoms with Crippen LogP contribution >= 0.6 is 0 Å². The highest BCUT2D eigenvalue weighted by atomic mass is 16.6. The third-order valence-electron chi connectivity index (χ3n) is 12.0. The summed E-state index contributed by atoms with van der Waals surface area (Å²) in [6.45, 7) is 10.3. The van der Waals surface area contributed by atoms with Gasteiger partial charge in [-0.2, -0.15) is 0 Å². The van der Waals surface area contributed by atoms with Crippen LogP contribution in [0.25, 0.3) is 0 Å². The van der Waals surface area contributed by atoms with Crippen LogP contribution in [0.5, 0.6) is 0 Å². The van der Waals surface area contributed by atoms with Crippen molar-refractivity contribution in [3.63, 3.8) is 0 Å². The van der Waals surface area contributed by atoms with Gasteiger partial charge in [0.1, 0.15) is 13.2 Å². The summed E-state index contributed by atoms with van der Waals surface area (Å²) >= 11 is 0. The first-order chi connectivity index (χ1) is 31.0. The summed E-state index contributed by atoms with van der Waals surface area (Å²) in [5.74, 6) is -0.619. The molecule has 0 aliphatic heterocycles.